The van der Waals surface area contributed by atoms with Crippen LogP contribution < -0.4 is 16.9 Å². The van der Waals surface area contributed by atoms with E-state index in [1.165, 1.54) is 53.8 Å². The monoisotopic (exact) mass is 686 g/mol. The Labute approximate surface area is 266 Å². The van der Waals surface area contributed by atoms with Gasteiger partial charge in [-0.2, -0.15) is 0 Å². The number of nitrogens with two attached hydrogens (primary N) is 1. The van der Waals surface area contributed by atoms with Gasteiger partial charge in [0.15, 0.2) is 29.0 Å². The number of hydrogen-bond donors (Lipinski definition) is 2. The zero-order chi connectivity index (χ0) is 30.0. The molecule has 5 rings (SSSR count). The van der Waals surface area contributed by atoms with Gasteiger partial charge in [0.05, 0.1) is 16.1 Å². The first-order valence-electron chi connectivity index (χ1n) is 12.0. The summed E-state index contributed by atoms with van der Waals surface area (Å²) in [6.07, 6.45) is 1.87. The fourth-order valence-electron chi connectivity index (χ4n) is 3.93. The highest BCUT2D eigenvalue weighted by atomic mass is 35.5. The highest BCUT2D eigenvalue weighted by Gasteiger charge is 2.55. The van der Waals surface area contributed by atoms with Crippen molar-refractivity contribution in [3.63, 3.8) is 0 Å². The smallest absolute Gasteiger partial charge is 0.453 e. The molecule has 3 aromatic heterocycles. The van der Waals surface area contributed by atoms with Crippen molar-refractivity contribution in [1.82, 2.24) is 20.2 Å². The van der Waals surface area contributed by atoms with Crippen molar-refractivity contribution in [3.05, 3.63) is 65.3 Å². The first kappa shape index (κ1) is 32.3. The topological polar surface area (TPSA) is 192 Å². The second-order valence-corrected chi connectivity index (χ2v) is 12.4. The summed E-state index contributed by atoms with van der Waals surface area (Å²) >= 11 is 5.23. The molecule has 228 valence electrons. The zero-order valence-electron chi connectivity index (χ0n) is 22.6. The first-order chi connectivity index (χ1) is 20.2. The minimum atomic E-state index is -0.959. The third-order valence-electron chi connectivity index (χ3n) is 5.96. The molecule has 1 saturated heterocycles. The number of thioether (sulfide) groups is 2. The van der Waals surface area contributed by atoms with Crippen molar-refractivity contribution in [1.29, 1.82) is 0 Å². The molecule has 0 aliphatic carbocycles. The lowest BCUT2D eigenvalue weighted by Gasteiger charge is -2.49. The fourth-order valence-corrected chi connectivity index (χ4v) is 7.59. The second-order valence-electron chi connectivity index (χ2n) is 8.56. The summed E-state index contributed by atoms with van der Waals surface area (Å²) in [5.41, 5.74) is 8.38. The van der Waals surface area contributed by atoms with Crippen LogP contribution in [0.25, 0.3) is 6.08 Å². The van der Waals surface area contributed by atoms with Crippen molar-refractivity contribution in [2.75, 3.05) is 18.6 Å². The predicted molar refractivity (Wildman–Crippen MR) is 165 cm³/mol. The van der Waals surface area contributed by atoms with E-state index in [1.54, 1.807) is 16.3 Å². The molecule has 0 aromatic carbocycles. The highest BCUT2D eigenvalue weighted by Crippen LogP contribution is 2.44. The first-order valence-corrected chi connectivity index (χ1v) is 15.7. The molecule has 14 nitrogen and oxygen atoms in total. The van der Waals surface area contributed by atoms with Gasteiger partial charge in [0, 0.05) is 16.0 Å². The van der Waals surface area contributed by atoms with Crippen LogP contribution in [0.2, 0.25) is 0 Å². The minimum absolute atomic E-state index is 0. The van der Waals surface area contributed by atoms with E-state index in [2.05, 4.69) is 20.4 Å². The molecule has 0 bridgehead atoms. The molecule has 5 heterocycles. The van der Waals surface area contributed by atoms with E-state index in [9.17, 15) is 19.2 Å². The van der Waals surface area contributed by atoms with E-state index in [1.807, 2.05) is 13.0 Å². The Morgan fingerprint density at radius 1 is 1.30 bits per heavy atom. The molecule has 2 aliphatic heterocycles. The third kappa shape index (κ3) is 6.82. The fraction of sp³-hybridized carbons (Fsp3) is 0.292. The number of fused-ring (bicyclic) bond motifs is 1. The number of nitrogen functional groups attached to an aromatic ring is 1. The van der Waals surface area contributed by atoms with Gasteiger partial charge in [0.25, 0.3) is 11.8 Å². The quantitative estimate of drug-likeness (QED) is 0.137. The number of thiazole rings is 2. The molecule has 1 fully saturated rings. The van der Waals surface area contributed by atoms with Gasteiger partial charge in [-0.1, -0.05) is 16.9 Å². The molecule has 3 aromatic rings. The van der Waals surface area contributed by atoms with Gasteiger partial charge < -0.3 is 29.5 Å². The number of aryl methyl sites for hydroxylation is 2. The van der Waals surface area contributed by atoms with E-state index < -0.39 is 35.0 Å². The SMILES string of the molecule is CO/N=C(\C(=O)N[C@@H]1C(=O)N2C(C(=O)OCc3oc(=O)oc3C)=C(S/C=C\c3scnc3C)CS[C@H]12)c1csc(N)n1.Cl. The molecule has 2 amide bonds. The number of hydrogen-bond acceptors (Lipinski definition) is 16. The summed E-state index contributed by atoms with van der Waals surface area (Å²) < 4.78 is 15.2. The Hall–Kier alpha value is -3.58. The highest BCUT2D eigenvalue weighted by molar-refractivity contribution is 8.08. The predicted octanol–water partition coefficient (Wildman–Crippen LogP) is 2.88. The molecule has 0 saturated carbocycles. The average molecular weight is 687 g/mol. The van der Waals surface area contributed by atoms with E-state index in [-0.39, 0.29) is 52.8 Å². The van der Waals surface area contributed by atoms with E-state index in [4.69, 9.17) is 24.1 Å². The van der Waals surface area contributed by atoms with Crippen LogP contribution in [0.15, 0.2) is 45.7 Å². The number of halogens is 1. The Bertz CT molecular complexity index is 1690. The van der Waals surface area contributed by atoms with Crippen LogP contribution in [-0.2, 0) is 30.6 Å². The van der Waals surface area contributed by atoms with Crippen LogP contribution in [0.5, 0.6) is 0 Å². The summed E-state index contributed by atoms with van der Waals surface area (Å²) in [5, 5.41) is 9.40. The number of nitrogens with one attached hydrogen (secondary N) is 1. The van der Waals surface area contributed by atoms with Crippen LogP contribution in [0.1, 0.15) is 27.8 Å². The Kier molecular flexibility index (Phi) is 10.4. The number of oxime groups is 1. The van der Waals surface area contributed by atoms with Crippen molar-refractivity contribution in [2.45, 2.75) is 31.9 Å². The number of aromatic nitrogens is 2. The van der Waals surface area contributed by atoms with Gasteiger partial charge >= 0.3 is 11.8 Å². The number of rotatable bonds is 10. The largest absolute Gasteiger partial charge is 0.519 e. The summed E-state index contributed by atoms with van der Waals surface area (Å²) in [4.78, 5) is 67.1. The third-order valence-corrected chi connectivity index (χ3v) is 9.88. The Morgan fingerprint density at radius 2 is 2.09 bits per heavy atom. The number of nitrogens with zero attached hydrogens (tertiary/aromatic N) is 4. The number of carbonyl (C=O) groups excluding carboxylic acids is 3. The number of ether oxygens (including phenoxy) is 1. The average Bonchev–Trinajstić information content (AvgIpc) is 3.67. The lowest BCUT2D eigenvalue weighted by molar-refractivity contribution is -0.153. The minimum Gasteiger partial charge on any atom is -0.453 e. The second kappa shape index (κ2) is 13.8. The molecule has 0 spiro atoms. The molecule has 19 heteroatoms. The standard InChI is InChI=1S/C24H22N6O8S4.ClH/c1-10-14(42-9-26-10)4-5-39-15-8-40-21-17(28-19(31)16(29-35-3)12-7-41-23(25)27-12)20(32)30(21)18(15)22(33)36-6-13-11(2)37-24(34)38-13;/h4-5,7,9,17,21H,6,8H2,1-3H3,(H2,25,27)(H,28,31);1H/b5-4-,29-16-;/t17-,21-;/m1./s1. The molecule has 2 atom stereocenters. The lowest BCUT2D eigenvalue weighted by atomic mass is 10.0. The number of amides is 2. The van der Waals surface area contributed by atoms with Crippen LogP contribution >= 0.6 is 58.6 Å². The van der Waals surface area contributed by atoms with Gasteiger partial charge in [0.2, 0.25) is 0 Å². The number of β-lactam (4-membered cyclic amide) rings is 1. The normalized spacial score (nSPS) is 18.3. The number of esters is 1. The van der Waals surface area contributed by atoms with E-state index in [0.717, 1.165) is 21.9 Å². The van der Waals surface area contributed by atoms with Crippen molar-refractivity contribution in [3.8, 4) is 0 Å². The van der Waals surface area contributed by atoms with Crippen molar-refractivity contribution in [2.24, 2.45) is 5.16 Å². The van der Waals surface area contributed by atoms with Gasteiger partial charge in [-0.25, -0.2) is 19.6 Å². The molecular formula is C24H23ClN6O8S4. The number of carbonyl (C=O) groups is 3. The molecule has 0 radical (unpaired) electrons. The lowest BCUT2D eigenvalue weighted by Crippen LogP contribution is -2.71. The summed E-state index contributed by atoms with van der Waals surface area (Å²) in [5.74, 6) is -2.35. The Balaban J connectivity index is 0.00000423. The molecular weight excluding hydrogens is 664 g/mol. The van der Waals surface area contributed by atoms with Gasteiger partial charge in [0.1, 0.15) is 29.9 Å². The summed E-state index contributed by atoms with van der Waals surface area (Å²) in [6.45, 7) is 3.02. The maximum absolute atomic E-state index is 13.4. The summed E-state index contributed by atoms with van der Waals surface area (Å²) in [6, 6.07) is -0.959. The van der Waals surface area contributed by atoms with Crippen LogP contribution in [-0.4, -0.2) is 62.6 Å². The van der Waals surface area contributed by atoms with E-state index in [0.29, 0.717) is 10.7 Å². The van der Waals surface area contributed by atoms with E-state index >= 15 is 0 Å². The van der Waals surface area contributed by atoms with Gasteiger partial charge in [-0.3, -0.25) is 14.5 Å². The maximum Gasteiger partial charge on any atom is 0.519 e. The summed E-state index contributed by atoms with van der Waals surface area (Å²) in [7, 11) is 1.28. The van der Waals surface area contributed by atoms with Crippen LogP contribution in [0.3, 0.4) is 0 Å². The van der Waals surface area contributed by atoms with Crippen LogP contribution in [0, 0.1) is 13.8 Å². The Morgan fingerprint density at radius 3 is 2.72 bits per heavy atom. The van der Waals surface area contributed by atoms with Gasteiger partial charge in [-0.15, -0.1) is 46.8 Å². The van der Waals surface area contributed by atoms with Crippen molar-refractivity contribution >= 4 is 93.3 Å². The molecule has 2 aliphatic rings. The number of anilines is 1. The maximum atomic E-state index is 13.4. The molecule has 0 unspecified atom stereocenters. The van der Waals surface area contributed by atoms with Crippen LogP contribution in [0.4, 0.5) is 5.13 Å². The molecule has 43 heavy (non-hydrogen) atoms. The van der Waals surface area contributed by atoms with Crippen molar-refractivity contribution < 1.29 is 32.8 Å². The molecule has 3 N–H and O–H groups in total. The zero-order valence-corrected chi connectivity index (χ0v) is 26.6. The van der Waals surface area contributed by atoms with Gasteiger partial charge in [-0.05, 0) is 25.3 Å².